The van der Waals surface area contributed by atoms with E-state index in [0.717, 1.165) is 0 Å². The average molecular weight is 202 g/mol. The van der Waals surface area contributed by atoms with E-state index in [0.29, 0.717) is 17.3 Å². The number of hydrogen-bond donors (Lipinski definition) is 2. The lowest BCUT2D eigenvalue weighted by Crippen LogP contribution is -1.95. The Morgan fingerprint density at radius 2 is 2.27 bits per heavy atom. The number of fused-ring (bicyclic) bond motifs is 1. The van der Waals surface area contributed by atoms with E-state index in [2.05, 4.69) is 30.5 Å². The van der Waals surface area contributed by atoms with Crippen molar-refractivity contribution in [3.8, 4) is 11.6 Å². The van der Waals surface area contributed by atoms with Gasteiger partial charge in [-0.05, 0) is 12.1 Å². The van der Waals surface area contributed by atoms with E-state index in [1.54, 1.807) is 22.8 Å². The van der Waals surface area contributed by atoms with Gasteiger partial charge in [0.25, 0.3) is 0 Å². The van der Waals surface area contributed by atoms with Crippen LogP contribution in [0.3, 0.4) is 0 Å². The van der Waals surface area contributed by atoms with E-state index < -0.39 is 0 Å². The molecule has 0 radical (unpaired) electrons. The van der Waals surface area contributed by atoms with Crippen LogP contribution >= 0.6 is 0 Å². The second kappa shape index (κ2) is 2.74. The minimum atomic E-state index is 0.165. The molecule has 0 spiro atoms. The Morgan fingerprint density at radius 1 is 1.33 bits per heavy atom. The van der Waals surface area contributed by atoms with Gasteiger partial charge in [0.15, 0.2) is 11.5 Å². The van der Waals surface area contributed by atoms with Crippen molar-refractivity contribution < 1.29 is 0 Å². The maximum absolute atomic E-state index is 5.40. The lowest BCUT2D eigenvalue weighted by molar-refractivity contribution is 0.920. The van der Waals surface area contributed by atoms with Crippen LogP contribution in [0.4, 0.5) is 5.95 Å². The largest absolute Gasteiger partial charge is 0.366 e. The number of H-pyrrole nitrogens is 1. The maximum Gasteiger partial charge on any atom is 0.239 e. The molecule has 8 nitrogen and oxygen atoms in total. The van der Waals surface area contributed by atoms with Crippen molar-refractivity contribution >= 4 is 11.6 Å². The third-order valence-corrected chi connectivity index (χ3v) is 1.89. The first kappa shape index (κ1) is 7.85. The Balaban J connectivity index is 2.27. The van der Waals surface area contributed by atoms with Gasteiger partial charge in [-0.2, -0.15) is 14.6 Å². The van der Waals surface area contributed by atoms with Gasteiger partial charge >= 0.3 is 0 Å². The number of aromatic nitrogens is 7. The molecule has 3 heterocycles. The summed E-state index contributed by atoms with van der Waals surface area (Å²) in [5.74, 6) is 1.09. The van der Waals surface area contributed by atoms with Gasteiger partial charge in [0.05, 0.1) is 0 Å². The molecule has 3 aromatic rings. The molecule has 3 N–H and O–H groups in total. The highest BCUT2D eigenvalue weighted by Crippen LogP contribution is 2.12. The Morgan fingerprint density at radius 3 is 3.07 bits per heavy atom. The number of anilines is 1. The summed E-state index contributed by atoms with van der Waals surface area (Å²) in [7, 11) is 0. The number of aromatic amines is 1. The summed E-state index contributed by atoms with van der Waals surface area (Å²) in [6.07, 6.45) is 1.64. The van der Waals surface area contributed by atoms with Crippen LogP contribution in [0.2, 0.25) is 0 Å². The molecule has 0 saturated heterocycles. The molecule has 0 amide bonds. The quantitative estimate of drug-likeness (QED) is 0.549. The van der Waals surface area contributed by atoms with Crippen LogP contribution in [0, 0.1) is 0 Å². The van der Waals surface area contributed by atoms with Crippen molar-refractivity contribution in [2.75, 3.05) is 5.73 Å². The fraction of sp³-hybridized carbons (Fsp3) is 0. The lowest BCUT2D eigenvalue weighted by atomic mass is 10.5. The summed E-state index contributed by atoms with van der Waals surface area (Å²) in [4.78, 5) is 3.95. The third kappa shape index (κ3) is 1.11. The normalized spacial score (nSPS) is 10.9. The number of nitrogens with zero attached hydrogens (tertiary/aromatic N) is 6. The molecule has 0 aliphatic heterocycles. The summed E-state index contributed by atoms with van der Waals surface area (Å²) in [6.45, 7) is 0. The first-order valence-electron chi connectivity index (χ1n) is 4.19. The Kier molecular flexibility index (Phi) is 1.43. The van der Waals surface area contributed by atoms with E-state index in [1.165, 1.54) is 0 Å². The highest BCUT2D eigenvalue weighted by molar-refractivity contribution is 5.50. The summed E-state index contributed by atoms with van der Waals surface area (Å²) in [5.41, 5.74) is 6.04. The summed E-state index contributed by atoms with van der Waals surface area (Å²) >= 11 is 0. The van der Waals surface area contributed by atoms with Gasteiger partial charge in [-0.1, -0.05) is 0 Å². The van der Waals surface area contributed by atoms with Crippen LogP contribution in [0.15, 0.2) is 18.3 Å². The predicted octanol–water partition coefficient (Wildman–Crippen LogP) is -0.508. The number of nitrogens with one attached hydrogen (secondary N) is 1. The number of nitrogens with two attached hydrogens (primary N) is 1. The molecule has 74 valence electrons. The molecule has 3 aromatic heterocycles. The summed E-state index contributed by atoms with van der Waals surface area (Å²) in [5, 5.41) is 18.3. The Bertz CT molecular complexity index is 608. The molecule has 3 rings (SSSR count). The zero-order valence-electron chi connectivity index (χ0n) is 7.49. The molecule has 0 atom stereocenters. The molecule has 0 aliphatic carbocycles. The van der Waals surface area contributed by atoms with E-state index >= 15 is 0 Å². The topological polar surface area (TPSA) is 111 Å². The van der Waals surface area contributed by atoms with E-state index in [4.69, 9.17) is 5.73 Å². The molecular formula is C7H6N8. The van der Waals surface area contributed by atoms with E-state index in [9.17, 15) is 0 Å². The van der Waals surface area contributed by atoms with Gasteiger partial charge in [0, 0.05) is 6.20 Å². The van der Waals surface area contributed by atoms with Gasteiger partial charge in [-0.15, -0.1) is 15.3 Å². The second-order valence-electron chi connectivity index (χ2n) is 2.86. The zero-order valence-corrected chi connectivity index (χ0v) is 7.49. The van der Waals surface area contributed by atoms with E-state index in [-0.39, 0.29) is 5.95 Å². The maximum atomic E-state index is 5.40. The van der Waals surface area contributed by atoms with E-state index in [1.807, 2.05) is 0 Å². The molecular weight excluding hydrogens is 196 g/mol. The smallest absolute Gasteiger partial charge is 0.239 e. The minimum Gasteiger partial charge on any atom is -0.366 e. The molecule has 0 fully saturated rings. The monoisotopic (exact) mass is 202 g/mol. The van der Waals surface area contributed by atoms with Crippen LogP contribution in [0.1, 0.15) is 0 Å². The zero-order chi connectivity index (χ0) is 10.3. The highest BCUT2D eigenvalue weighted by Gasteiger charge is 2.11. The molecule has 15 heavy (non-hydrogen) atoms. The predicted molar refractivity (Wildman–Crippen MR) is 50.6 cm³/mol. The third-order valence-electron chi connectivity index (χ3n) is 1.89. The average Bonchev–Trinajstić information content (AvgIpc) is 2.83. The SMILES string of the molecule is Nc1n[nH]c(-c2nnc3cccnn23)n1. The molecule has 0 aliphatic rings. The van der Waals surface area contributed by atoms with Crippen molar-refractivity contribution in [3.63, 3.8) is 0 Å². The molecule has 8 heteroatoms. The van der Waals surface area contributed by atoms with Gasteiger partial charge in [0.1, 0.15) is 0 Å². The van der Waals surface area contributed by atoms with Crippen molar-refractivity contribution in [1.82, 2.24) is 35.0 Å². The molecule has 0 bridgehead atoms. The lowest BCUT2D eigenvalue weighted by Gasteiger charge is -1.91. The standard InChI is InChI=1S/C7H6N8/c8-7-10-5(12-14-7)6-13-11-4-2-1-3-9-15(4)6/h1-3H,(H3,8,10,12,14). The Hall–Kier alpha value is -2.51. The highest BCUT2D eigenvalue weighted by atomic mass is 15.4. The van der Waals surface area contributed by atoms with Crippen LogP contribution in [-0.4, -0.2) is 35.0 Å². The van der Waals surface area contributed by atoms with Crippen molar-refractivity contribution in [1.29, 1.82) is 0 Å². The van der Waals surface area contributed by atoms with Crippen molar-refractivity contribution in [3.05, 3.63) is 18.3 Å². The van der Waals surface area contributed by atoms with Gasteiger partial charge in [-0.3, -0.25) is 5.10 Å². The van der Waals surface area contributed by atoms with Gasteiger partial charge < -0.3 is 5.73 Å². The molecule has 0 aromatic carbocycles. The van der Waals surface area contributed by atoms with Crippen LogP contribution < -0.4 is 5.73 Å². The fourth-order valence-corrected chi connectivity index (χ4v) is 1.27. The summed E-state index contributed by atoms with van der Waals surface area (Å²) < 4.78 is 1.56. The van der Waals surface area contributed by atoms with Crippen LogP contribution in [0.25, 0.3) is 17.3 Å². The summed E-state index contributed by atoms with van der Waals surface area (Å²) in [6, 6.07) is 3.58. The first-order valence-corrected chi connectivity index (χ1v) is 4.19. The fourth-order valence-electron chi connectivity index (χ4n) is 1.27. The number of hydrogen-bond acceptors (Lipinski definition) is 6. The second-order valence-corrected chi connectivity index (χ2v) is 2.86. The number of rotatable bonds is 1. The van der Waals surface area contributed by atoms with Gasteiger partial charge in [-0.25, -0.2) is 0 Å². The van der Waals surface area contributed by atoms with Crippen molar-refractivity contribution in [2.45, 2.75) is 0 Å². The van der Waals surface area contributed by atoms with Crippen molar-refractivity contribution in [2.24, 2.45) is 0 Å². The Labute approximate surface area is 83.2 Å². The molecule has 0 saturated carbocycles. The van der Waals surface area contributed by atoms with Crippen LogP contribution in [0.5, 0.6) is 0 Å². The molecule has 0 unspecified atom stereocenters. The van der Waals surface area contributed by atoms with Crippen LogP contribution in [-0.2, 0) is 0 Å². The number of nitrogen functional groups attached to an aromatic ring is 1. The van der Waals surface area contributed by atoms with Gasteiger partial charge in [0.2, 0.25) is 11.8 Å². The first-order chi connectivity index (χ1) is 7.34. The minimum absolute atomic E-state index is 0.165.